The molecule has 2 aliphatic heterocycles. The lowest BCUT2D eigenvalue weighted by molar-refractivity contribution is 0.0170. The quantitative estimate of drug-likeness (QED) is 0.528. The van der Waals surface area contributed by atoms with Gasteiger partial charge in [-0.3, -0.25) is 4.98 Å². The van der Waals surface area contributed by atoms with Crippen molar-refractivity contribution in [3.63, 3.8) is 0 Å². The molecule has 0 atom stereocenters. The van der Waals surface area contributed by atoms with Gasteiger partial charge in [0.1, 0.15) is 11.4 Å². The van der Waals surface area contributed by atoms with Crippen molar-refractivity contribution < 1.29 is 4.74 Å². The number of ether oxygens (including phenoxy) is 1. The Kier molecular flexibility index (Phi) is 6.42. The molecule has 2 aliphatic rings. The zero-order valence-corrected chi connectivity index (χ0v) is 18.6. The third-order valence-electron chi connectivity index (χ3n) is 6.42. The molecule has 2 aromatic carbocycles. The van der Waals surface area contributed by atoms with Crippen LogP contribution in [0.5, 0.6) is 5.75 Å². The SMILES string of the molecule is Cc1cc2c(cc1-c1ccc3cccnc3c1C)CCC1(CCNCC1)O2.Cl.Cl. The molecule has 0 amide bonds. The molecule has 0 radical (unpaired) electrons. The van der Waals surface area contributed by atoms with E-state index in [2.05, 4.69) is 54.5 Å². The molecule has 3 aromatic rings. The van der Waals surface area contributed by atoms with Gasteiger partial charge in [0.25, 0.3) is 0 Å². The highest BCUT2D eigenvalue weighted by atomic mass is 35.5. The number of rotatable bonds is 1. The lowest BCUT2D eigenvalue weighted by Crippen LogP contribution is -2.48. The van der Waals surface area contributed by atoms with E-state index >= 15 is 0 Å². The van der Waals surface area contributed by atoms with Crippen LogP contribution in [0.3, 0.4) is 0 Å². The number of nitrogens with one attached hydrogen (secondary N) is 1. The molecule has 1 fully saturated rings. The molecule has 0 bridgehead atoms. The Morgan fingerprint density at radius 1 is 0.966 bits per heavy atom. The molecule has 5 heteroatoms. The zero-order chi connectivity index (χ0) is 18.4. The third-order valence-corrected chi connectivity index (χ3v) is 6.42. The lowest BCUT2D eigenvalue weighted by atomic mass is 9.82. The summed E-state index contributed by atoms with van der Waals surface area (Å²) in [6, 6.07) is 13.2. The topological polar surface area (TPSA) is 34.2 Å². The number of benzene rings is 2. The maximum Gasteiger partial charge on any atom is 0.123 e. The van der Waals surface area contributed by atoms with Gasteiger partial charge in [-0.05, 0) is 98.6 Å². The van der Waals surface area contributed by atoms with E-state index in [1.807, 2.05) is 12.3 Å². The van der Waals surface area contributed by atoms with Gasteiger partial charge in [-0.2, -0.15) is 0 Å². The van der Waals surface area contributed by atoms with Crippen LogP contribution >= 0.6 is 24.8 Å². The van der Waals surface area contributed by atoms with E-state index in [1.165, 1.54) is 33.2 Å². The molecule has 1 saturated heterocycles. The molecule has 1 aromatic heterocycles. The Hall–Kier alpha value is -1.81. The van der Waals surface area contributed by atoms with Crippen LogP contribution in [-0.2, 0) is 6.42 Å². The average molecular weight is 431 g/mol. The van der Waals surface area contributed by atoms with E-state index in [1.54, 1.807) is 0 Å². The summed E-state index contributed by atoms with van der Waals surface area (Å²) >= 11 is 0. The smallest absolute Gasteiger partial charge is 0.123 e. The standard InChI is InChI=1S/C24H26N2O.2ClH/c1-16-14-22-19(7-8-24(27-22)9-12-25-13-10-24)15-21(16)20-6-5-18-4-3-11-26-23(18)17(20)2;;/h3-6,11,14-15,25H,7-10,12-13H2,1-2H3;2*1H. The maximum atomic E-state index is 6.58. The summed E-state index contributed by atoms with van der Waals surface area (Å²) in [4.78, 5) is 4.61. The van der Waals surface area contributed by atoms with E-state index in [0.717, 1.165) is 50.0 Å². The summed E-state index contributed by atoms with van der Waals surface area (Å²) in [5, 5.41) is 4.66. The van der Waals surface area contributed by atoms with E-state index in [0.29, 0.717) is 0 Å². The Labute approximate surface area is 185 Å². The average Bonchev–Trinajstić information content (AvgIpc) is 2.69. The van der Waals surface area contributed by atoms with Crippen LogP contribution in [-0.4, -0.2) is 23.7 Å². The molecule has 154 valence electrons. The van der Waals surface area contributed by atoms with Crippen LogP contribution in [0.1, 0.15) is 36.0 Å². The number of pyridine rings is 1. The minimum atomic E-state index is 0. The monoisotopic (exact) mass is 430 g/mol. The number of aryl methyl sites for hydroxylation is 3. The van der Waals surface area contributed by atoms with Crippen molar-refractivity contribution in [2.45, 2.75) is 45.1 Å². The molecule has 0 unspecified atom stereocenters. The molecule has 3 heterocycles. The highest BCUT2D eigenvalue weighted by Gasteiger charge is 2.37. The Bertz CT molecular complexity index is 1030. The van der Waals surface area contributed by atoms with Crippen LogP contribution in [0.4, 0.5) is 0 Å². The van der Waals surface area contributed by atoms with Crippen molar-refractivity contribution in [2.24, 2.45) is 0 Å². The molecule has 0 saturated carbocycles. The van der Waals surface area contributed by atoms with E-state index in [-0.39, 0.29) is 30.4 Å². The molecule has 3 nitrogen and oxygen atoms in total. The number of piperidine rings is 1. The van der Waals surface area contributed by atoms with Crippen LogP contribution < -0.4 is 10.1 Å². The summed E-state index contributed by atoms with van der Waals surface area (Å²) in [6.45, 7) is 6.51. The van der Waals surface area contributed by atoms with Gasteiger partial charge < -0.3 is 10.1 Å². The van der Waals surface area contributed by atoms with Gasteiger partial charge in [0.2, 0.25) is 0 Å². The first kappa shape index (κ1) is 21.9. The van der Waals surface area contributed by atoms with Crippen LogP contribution in [0.15, 0.2) is 42.6 Å². The molecule has 5 rings (SSSR count). The van der Waals surface area contributed by atoms with E-state index in [4.69, 9.17) is 4.74 Å². The van der Waals surface area contributed by atoms with Crippen molar-refractivity contribution in [2.75, 3.05) is 13.1 Å². The first-order valence-electron chi connectivity index (χ1n) is 10.0. The summed E-state index contributed by atoms with van der Waals surface area (Å²) in [5.74, 6) is 1.10. The number of hydrogen-bond donors (Lipinski definition) is 1. The fraction of sp³-hybridized carbons (Fsp3) is 0.375. The molecule has 1 spiro atoms. The van der Waals surface area contributed by atoms with Gasteiger partial charge in [-0.15, -0.1) is 24.8 Å². The van der Waals surface area contributed by atoms with Gasteiger partial charge in [0.05, 0.1) is 5.52 Å². The number of aromatic nitrogens is 1. The zero-order valence-electron chi connectivity index (χ0n) is 17.0. The minimum absolute atomic E-state index is 0. The van der Waals surface area contributed by atoms with Crippen LogP contribution in [0, 0.1) is 13.8 Å². The number of halogens is 2. The predicted octanol–water partition coefficient (Wildman–Crippen LogP) is 5.81. The van der Waals surface area contributed by atoms with Crippen molar-refractivity contribution in [3.05, 3.63) is 59.3 Å². The highest BCUT2D eigenvalue weighted by Crippen LogP contribution is 2.42. The second-order valence-corrected chi connectivity index (χ2v) is 8.12. The highest BCUT2D eigenvalue weighted by molar-refractivity contribution is 5.89. The predicted molar refractivity (Wildman–Crippen MR) is 125 cm³/mol. The van der Waals surface area contributed by atoms with Crippen molar-refractivity contribution >= 4 is 35.7 Å². The van der Waals surface area contributed by atoms with Crippen molar-refractivity contribution in [1.82, 2.24) is 10.3 Å². The van der Waals surface area contributed by atoms with Gasteiger partial charge in [0.15, 0.2) is 0 Å². The fourth-order valence-electron chi connectivity index (χ4n) is 4.77. The van der Waals surface area contributed by atoms with E-state index in [9.17, 15) is 0 Å². The largest absolute Gasteiger partial charge is 0.487 e. The van der Waals surface area contributed by atoms with Crippen molar-refractivity contribution in [1.29, 1.82) is 0 Å². The maximum absolute atomic E-state index is 6.58. The van der Waals surface area contributed by atoms with Gasteiger partial charge in [0, 0.05) is 11.6 Å². The lowest BCUT2D eigenvalue weighted by Gasteiger charge is -2.42. The van der Waals surface area contributed by atoms with Gasteiger partial charge in [-0.25, -0.2) is 0 Å². The van der Waals surface area contributed by atoms with Gasteiger partial charge >= 0.3 is 0 Å². The third kappa shape index (κ3) is 3.84. The number of fused-ring (bicyclic) bond motifs is 2. The second-order valence-electron chi connectivity index (χ2n) is 8.12. The van der Waals surface area contributed by atoms with Crippen LogP contribution in [0.2, 0.25) is 0 Å². The minimum Gasteiger partial charge on any atom is -0.487 e. The number of hydrogen-bond acceptors (Lipinski definition) is 3. The number of nitrogens with zero attached hydrogens (tertiary/aromatic N) is 1. The Balaban J connectivity index is 0.00000120. The molecule has 1 N–H and O–H groups in total. The molecule has 0 aliphatic carbocycles. The Morgan fingerprint density at radius 2 is 1.76 bits per heavy atom. The van der Waals surface area contributed by atoms with Crippen LogP contribution in [0.25, 0.3) is 22.0 Å². The first-order valence-corrected chi connectivity index (χ1v) is 10.0. The molecular weight excluding hydrogens is 403 g/mol. The summed E-state index contributed by atoms with van der Waals surface area (Å²) in [7, 11) is 0. The van der Waals surface area contributed by atoms with Crippen molar-refractivity contribution in [3.8, 4) is 16.9 Å². The van der Waals surface area contributed by atoms with Gasteiger partial charge in [-0.1, -0.05) is 18.2 Å². The van der Waals surface area contributed by atoms with E-state index < -0.39 is 0 Å². The summed E-state index contributed by atoms with van der Waals surface area (Å²) in [6.07, 6.45) is 6.34. The molecule has 29 heavy (non-hydrogen) atoms. The Morgan fingerprint density at radius 3 is 2.55 bits per heavy atom. The first-order chi connectivity index (χ1) is 13.2. The molecular formula is C24H28Cl2N2O. The summed E-state index contributed by atoms with van der Waals surface area (Å²) < 4.78 is 6.58. The normalized spacial score (nSPS) is 17.0. The summed E-state index contributed by atoms with van der Waals surface area (Å²) in [5.41, 5.74) is 7.61. The fourth-order valence-corrected chi connectivity index (χ4v) is 4.77. The second kappa shape index (κ2) is 8.51.